The predicted molar refractivity (Wildman–Crippen MR) is 73.2 cm³/mol. The maximum absolute atomic E-state index is 5.79. The quantitative estimate of drug-likeness (QED) is 0.698. The summed E-state index contributed by atoms with van der Waals surface area (Å²) in [7, 11) is 0. The first kappa shape index (κ1) is 10.4. The van der Waals surface area contributed by atoms with E-state index in [0.717, 1.165) is 26.9 Å². The average molecular weight is 288 g/mol. The molecule has 0 aliphatic heterocycles. The second-order valence-corrected chi connectivity index (χ2v) is 4.76. The number of anilines is 1. The number of hydrogen-bond acceptors (Lipinski definition) is 2. The first-order valence-electron chi connectivity index (χ1n) is 5.22. The summed E-state index contributed by atoms with van der Waals surface area (Å²) in [6, 6.07) is 13.8. The highest BCUT2D eigenvalue weighted by atomic mass is 79.9. The summed E-state index contributed by atoms with van der Waals surface area (Å²) in [6.07, 6.45) is 1.81. The van der Waals surface area contributed by atoms with Crippen molar-refractivity contribution in [2.75, 3.05) is 5.73 Å². The summed E-state index contributed by atoms with van der Waals surface area (Å²) >= 11 is 3.44. The van der Waals surface area contributed by atoms with Crippen molar-refractivity contribution in [3.8, 4) is 5.69 Å². The van der Waals surface area contributed by atoms with E-state index in [2.05, 4.69) is 20.9 Å². The second-order valence-electron chi connectivity index (χ2n) is 3.84. The van der Waals surface area contributed by atoms with Gasteiger partial charge >= 0.3 is 0 Å². The number of fused-ring (bicyclic) bond motifs is 1. The third-order valence-corrected chi connectivity index (χ3v) is 3.15. The van der Waals surface area contributed by atoms with Gasteiger partial charge in [0.05, 0.1) is 11.0 Å². The highest BCUT2D eigenvalue weighted by Gasteiger charge is 2.04. The number of aromatic nitrogens is 2. The van der Waals surface area contributed by atoms with Crippen molar-refractivity contribution < 1.29 is 0 Å². The molecule has 84 valence electrons. The third-order valence-electron chi connectivity index (χ3n) is 2.66. The van der Waals surface area contributed by atoms with E-state index in [9.17, 15) is 0 Å². The fourth-order valence-electron chi connectivity index (χ4n) is 1.87. The average Bonchev–Trinajstić information content (AvgIpc) is 2.71. The zero-order chi connectivity index (χ0) is 11.8. The number of halogens is 1. The van der Waals surface area contributed by atoms with Crippen LogP contribution in [0.15, 0.2) is 53.3 Å². The van der Waals surface area contributed by atoms with Crippen LogP contribution in [0, 0.1) is 0 Å². The molecule has 0 aliphatic rings. The Kier molecular flexibility index (Phi) is 2.37. The van der Waals surface area contributed by atoms with E-state index in [0.29, 0.717) is 0 Å². The van der Waals surface area contributed by atoms with Crippen molar-refractivity contribution in [3.63, 3.8) is 0 Å². The van der Waals surface area contributed by atoms with Crippen LogP contribution in [0.3, 0.4) is 0 Å². The maximum atomic E-state index is 5.79. The van der Waals surface area contributed by atoms with Crippen molar-refractivity contribution in [2.45, 2.75) is 0 Å². The molecule has 1 heterocycles. The molecule has 0 unspecified atom stereocenters. The topological polar surface area (TPSA) is 43.8 Å². The molecule has 3 rings (SSSR count). The zero-order valence-corrected chi connectivity index (χ0v) is 10.6. The van der Waals surface area contributed by atoms with E-state index in [1.165, 1.54) is 0 Å². The van der Waals surface area contributed by atoms with E-state index in [1.54, 1.807) is 0 Å². The van der Waals surface area contributed by atoms with E-state index < -0.39 is 0 Å². The third kappa shape index (κ3) is 1.80. The van der Waals surface area contributed by atoms with Crippen molar-refractivity contribution >= 4 is 32.7 Å². The molecule has 0 aliphatic carbocycles. The maximum Gasteiger partial charge on any atom is 0.100 e. The highest BCUT2D eigenvalue weighted by molar-refractivity contribution is 9.10. The van der Waals surface area contributed by atoms with Crippen LogP contribution >= 0.6 is 15.9 Å². The Morgan fingerprint density at radius 3 is 2.82 bits per heavy atom. The fraction of sp³-hybridized carbons (Fsp3) is 0. The van der Waals surface area contributed by atoms with Gasteiger partial charge in [-0.25, -0.2) is 4.98 Å². The van der Waals surface area contributed by atoms with E-state index in [-0.39, 0.29) is 0 Å². The SMILES string of the molecule is Nc1cccc(-n2cnc3cc(Br)ccc32)c1. The van der Waals surface area contributed by atoms with Gasteiger partial charge in [0, 0.05) is 15.8 Å². The Morgan fingerprint density at radius 2 is 2.00 bits per heavy atom. The molecule has 0 bridgehead atoms. The molecule has 2 N–H and O–H groups in total. The van der Waals surface area contributed by atoms with Crippen LogP contribution in [0.4, 0.5) is 5.69 Å². The smallest absolute Gasteiger partial charge is 0.100 e. The van der Waals surface area contributed by atoms with Gasteiger partial charge in [0.15, 0.2) is 0 Å². The minimum atomic E-state index is 0.751. The monoisotopic (exact) mass is 287 g/mol. The molecule has 0 saturated carbocycles. The lowest BCUT2D eigenvalue weighted by Gasteiger charge is -2.04. The van der Waals surface area contributed by atoms with E-state index >= 15 is 0 Å². The van der Waals surface area contributed by atoms with Crippen molar-refractivity contribution in [3.05, 3.63) is 53.3 Å². The van der Waals surface area contributed by atoms with Crippen LogP contribution in [0.1, 0.15) is 0 Å². The number of imidazole rings is 1. The van der Waals surface area contributed by atoms with Crippen molar-refractivity contribution in [2.24, 2.45) is 0 Å². The summed E-state index contributed by atoms with van der Waals surface area (Å²) < 4.78 is 3.06. The molecule has 0 fully saturated rings. The summed E-state index contributed by atoms with van der Waals surface area (Å²) in [6.45, 7) is 0. The number of nitrogens with zero attached hydrogens (tertiary/aromatic N) is 2. The molecule has 2 aromatic carbocycles. The summed E-state index contributed by atoms with van der Waals surface area (Å²) in [5.74, 6) is 0. The highest BCUT2D eigenvalue weighted by Crippen LogP contribution is 2.22. The van der Waals surface area contributed by atoms with Crippen molar-refractivity contribution in [1.29, 1.82) is 0 Å². The molecule has 3 nitrogen and oxygen atoms in total. The molecule has 0 radical (unpaired) electrons. The van der Waals surface area contributed by atoms with Gasteiger partial charge in [-0.05, 0) is 36.4 Å². The Balaban J connectivity index is 2.24. The lowest BCUT2D eigenvalue weighted by Crippen LogP contribution is -1.93. The van der Waals surface area contributed by atoms with Gasteiger partial charge < -0.3 is 5.73 Å². The van der Waals surface area contributed by atoms with Crippen LogP contribution in [-0.4, -0.2) is 9.55 Å². The van der Waals surface area contributed by atoms with Crippen molar-refractivity contribution in [1.82, 2.24) is 9.55 Å². The zero-order valence-electron chi connectivity index (χ0n) is 8.97. The largest absolute Gasteiger partial charge is 0.399 e. The molecule has 0 spiro atoms. The van der Waals surface area contributed by atoms with Gasteiger partial charge in [-0.15, -0.1) is 0 Å². The standard InChI is InChI=1S/C13H10BrN3/c14-9-4-5-13-12(6-9)16-8-17(13)11-3-1-2-10(15)7-11/h1-8H,15H2. The minimum absolute atomic E-state index is 0.751. The number of nitrogens with two attached hydrogens (primary N) is 1. The van der Waals surface area contributed by atoms with Crippen LogP contribution < -0.4 is 5.73 Å². The normalized spacial score (nSPS) is 10.9. The molecular weight excluding hydrogens is 278 g/mol. The van der Waals surface area contributed by atoms with Gasteiger partial charge in [-0.2, -0.15) is 0 Å². The summed E-state index contributed by atoms with van der Waals surface area (Å²) in [4.78, 5) is 4.38. The Morgan fingerprint density at radius 1 is 1.12 bits per heavy atom. The second kappa shape index (κ2) is 3.89. The first-order chi connectivity index (χ1) is 8.24. The molecule has 0 saturated heterocycles. The van der Waals surface area contributed by atoms with Crippen LogP contribution in [-0.2, 0) is 0 Å². The van der Waals surface area contributed by atoms with Gasteiger partial charge in [0.2, 0.25) is 0 Å². The van der Waals surface area contributed by atoms with E-state index in [4.69, 9.17) is 5.73 Å². The first-order valence-corrected chi connectivity index (χ1v) is 6.02. The minimum Gasteiger partial charge on any atom is -0.399 e. The Bertz CT molecular complexity index is 688. The number of nitrogen functional groups attached to an aromatic ring is 1. The molecule has 4 heteroatoms. The van der Waals surface area contributed by atoms with Crippen LogP contribution in [0.2, 0.25) is 0 Å². The van der Waals surface area contributed by atoms with Gasteiger partial charge in [0.25, 0.3) is 0 Å². The Hall–Kier alpha value is -1.81. The van der Waals surface area contributed by atoms with E-state index in [1.807, 2.05) is 53.4 Å². The fourth-order valence-corrected chi connectivity index (χ4v) is 2.22. The molecule has 0 atom stereocenters. The Labute approximate surface area is 107 Å². The predicted octanol–water partition coefficient (Wildman–Crippen LogP) is 3.37. The van der Waals surface area contributed by atoms with Gasteiger partial charge in [-0.1, -0.05) is 22.0 Å². The molecule has 17 heavy (non-hydrogen) atoms. The van der Waals surface area contributed by atoms with Crippen LogP contribution in [0.5, 0.6) is 0 Å². The number of benzene rings is 2. The molecule has 1 aromatic heterocycles. The summed E-state index contributed by atoms with van der Waals surface area (Å²) in [5.41, 5.74) is 9.59. The molecule has 3 aromatic rings. The number of rotatable bonds is 1. The summed E-state index contributed by atoms with van der Waals surface area (Å²) in [5, 5.41) is 0. The number of hydrogen-bond donors (Lipinski definition) is 1. The van der Waals surface area contributed by atoms with Gasteiger partial charge in [0.1, 0.15) is 6.33 Å². The lowest BCUT2D eigenvalue weighted by molar-refractivity contribution is 1.09. The van der Waals surface area contributed by atoms with Gasteiger partial charge in [-0.3, -0.25) is 4.57 Å². The molecular formula is C13H10BrN3. The lowest BCUT2D eigenvalue weighted by atomic mass is 10.2. The molecule has 0 amide bonds. The van der Waals surface area contributed by atoms with Crippen LogP contribution in [0.25, 0.3) is 16.7 Å².